The van der Waals surface area contributed by atoms with Crippen LogP contribution in [0.3, 0.4) is 0 Å². The minimum Gasteiger partial charge on any atom is -0.325 e. The Morgan fingerprint density at radius 2 is 2.37 bits per heavy atom. The number of amides is 1. The summed E-state index contributed by atoms with van der Waals surface area (Å²) in [5, 5.41) is 6.80. The Labute approximate surface area is 124 Å². The summed E-state index contributed by atoms with van der Waals surface area (Å²) in [6.45, 7) is 5.33. The van der Waals surface area contributed by atoms with E-state index in [1.165, 1.54) is 0 Å². The molecule has 6 heteroatoms. The molecule has 2 rings (SSSR count). The van der Waals surface area contributed by atoms with E-state index < -0.39 is 0 Å². The molecule has 106 valence electrons. The molecule has 1 aliphatic heterocycles. The molecule has 1 fully saturated rings. The van der Waals surface area contributed by atoms with Crippen molar-refractivity contribution < 1.29 is 4.79 Å². The number of carbonyl (C=O) groups excluding carboxylic acids is 1. The second kappa shape index (κ2) is 7.70. The predicted octanol–water partition coefficient (Wildman–Crippen LogP) is 1.99. The zero-order valence-electron chi connectivity index (χ0n) is 10.9. The molecule has 1 atom stereocenters. The molecule has 1 saturated heterocycles. The molecule has 1 amide bonds. The largest absolute Gasteiger partial charge is 0.325 e. The van der Waals surface area contributed by atoms with Crippen molar-refractivity contribution in [2.24, 2.45) is 0 Å². The minimum atomic E-state index is 0. The van der Waals surface area contributed by atoms with E-state index in [1.54, 1.807) is 12.1 Å². The third-order valence-corrected chi connectivity index (χ3v) is 3.33. The molecule has 0 aromatic heterocycles. The molecule has 1 aromatic rings. The summed E-state index contributed by atoms with van der Waals surface area (Å²) < 4.78 is 0. The van der Waals surface area contributed by atoms with Crippen molar-refractivity contribution >= 4 is 35.6 Å². The smallest absolute Gasteiger partial charge is 0.238 e. The third-order valence-electron chi connectivity index (χ3n) is 3.09. The molecule has 1 aromatic carbocycles. The number of nitrogens with zero attached hydrogens (tertiary/aromatic N) is 1. The maximum atomic E-state index is 11.9. The first-order valence-electron chi connectivity index (χ1n) is 6.15. The van der Waals surface area contributed by atoms with Crippen LogP contribution in [-0.2, 0) is 4.79 Å². The zero-order valence-corrected chi connectivity index (χ0v) is 12.4. The first kappa shape index (κ1) is 16.2. The summed E-state index contributed by atoms with van der Waals surface area (Å²) in [7, 11) is 0. The second-order valence-electron chi connectivity index (χ2n) is 4.58. The fourth-order valence-corrected chi connectivity index (χ4v) is 2.26. The van der Waals surface area contributed by atoms with Gasteiger partial charge in [-0.3, -0.25) is 9.69 Å². The Morgan fingerprint density at radius 1 is 1.58 bits per heavy atom. The minimum absolute atomic E-state index is 0. The van der Waals surface area contributed by atoms with Gasteiger partial charge in [-0.25, -0.2) is 0 Å². The molecular formula is C13H19Cl2N3O. The fraction of sp³-hybridized carbons (Fsp3) is 0.462. The number of anilines is 1. The maximum Gasteiger partial charge on any atom is 0.238 e. The quantitative estimate of drug-likeness (QED) is 0.897. The SMILES string of the molecule is CC1CNCCN1CC(=O)Nc1cccc(Cl)c1.Cl. The highest BCUT2D eigenvalue weighted by Gasteiger charge is 2.20. The van der Waals surface area contributed by atoms with Crippen LogP contribution in [0.5, 0.6) is 0 Å². The third kappa shape index (κ3) is 4.99. The molecule has 0 radical (unpaired) electrons. The van der Waals surface area contributed by atoms with Crippen LogP contribution in [0, 0.1) is 0 Å². The lowest BCUT2D eigenvalue weighted by molar-refractivity contribution is -0.118. The summed E-state index contributed by atoms with van der Waals surface area (Å²) in [5.41, 5.74) is 0.746. The van der Waals surface area contributed by atoms with E-state index in [2.05, 4.69) is 22.5 Å². The van der Waals surface area contributed by atoms with E-state index >= 15 is 0 Å². The van der Waals surface area contributed by atoms with Gasteiger partial charge in [-0.05, 0) is 25.1 Å². The number of hydrogen-bond acceptors (Lipinski definition) is 3. The van der Waals surface area contributed by atoms with Crippen LogP contribution >= 0.6 is 24.0 Å². The van der Waals surface area contributed by atoms with Crippen LogP contribution < -0.4 is 10.6 Å². The van der Waals surface area contributed by atoms with Gasteiger partial charge >= 0.3 is 0 Å². The average Bonchev–Trinajstić information content (AvgIpc) is 2.32. The second-order valence-corrected chi connectivity index (χ2v) is 5.02. The fourth-order valence-electron chi connectivity index (χ4n) is 2.07. The lowest BCUT2D eigenvalue weighted by Crippen LogP contribution is -2.51. The van der Waals surface area contributed by atoms with E-state index in [4.69, 9.17) is 11.6 Å². The number of benzene rings is 1. The van der Waals surface area contributed by atoms with Gasteiger partial charge in [-0.1, -0.05) is 17.7 Å². The molecule has 0 saturated carbocycles. The van der Waals surface area contributed by atoms with Crippen molar-refractivity contribution in [2.45, 2.75) is 13.0 Å². The van der Waals surface area contributed by atoms with Crippen LogP contribution in [0.15, 0.2) is 24.3 Å². The van der Waals surface area contributed by atoms with Gasteiger partial charge in [-0.15, -0.1) is 12.4 Å². The molecule has 4 nitrogen and oxygen atoms in total. The van der Waals surface area contributed by atoms with Crippen molar-refractivity contribution in [2.75, 3.05) is 31.5 Å². The highest BCUT2D eigenvalue weighted by Crippen LogP contribution is 2.15. The van der Waals surface area contributed by atoms with Crippen molar-refractivity contribution in [3.63, 3.8) is 0 Å². The number of nitrogens with one attached hydrogen (secondary N) is 2. The Bertz CT molecular complexity index is 428. The Kier molecular flexibility index (Phi) is 6.58. The summed E-state index contributed by atoms with van der Waals surface area (Å²) in [5.74, 6) is 0.00557. The van der Waals surface area contributed by atoms with Gasteiger partial charge in [0.1, 0.15) is 0 Å². The molecule has 1 aliphatic rings. The highest BCUT2D eigenvalue weighted by molar-refractivity contribution is 6.30. The molecule has 1 heterocycles. The van der Waals surface area contributed by atoms with Crippen molar-refractivity contribution in [1.29, 1.82) is 0 Å². The lowest BCUT2D eigenvalue weighted by Gasteiger charge is -2.33. The van der Waals surface area contributed by atoms with Crippen molar-refractivity contribution in [1.82, 2.24) is 10.2 Å². The average molecular weight is 304 g/mol. The Morgan fingerprint density at radius 3 is 3.05 bits per heavy atom. The van der Waals surface area contributed by atoms with E-state index in [1.807, 2.05) is 12.1 Å². The number of carbonyl (C=O) groups is 1. The van der Waals surface area contributed by atoms with Crippen LogP contribution in [0.4, 0.5) is 5.69 Å². The van der Waals surface area contributed by atoms with Gasteiger partial charge in [0.15, 0.2) is 0 Å². The summed E-state index contributed by atoms with van der Waals surface area (Å²) in [4.78, 5) is 14.1. The van der Waals surface area contributed by atoms with Gasteiger partial charge in [0.2, 0.25) is 5.91 Å². The van der Waals surface area contributed by atoms with E-state index in [0.717, 1.165) is 25.3 Å². The topological polar surface area (TPSA) is 44.4 Å². The molecule has 19 heavy (non-hydrogen) atoms. The predicted molar refractivity (Wildman–Crippen MR) is 81.2 cm³/mol. The zero-order chi connectivity index (χ0) is 13.0. The molecule has 0 spiro atoms. The highest BCUT2D eigenvalue weighted by atomic mass is 35.5. The monoisotopic (exact) mass is 303 g/mol. The van der Waals surface area contributed by atoms with Crippen molar-refractivity contribution in [3.05, 3.63) is 29.3 Å². The number of hydrogen-bond donors (Lipinski definition) is 2. The van der Waals surface area contributed by atoms with Gasteiger partial charge in [0.05, 0.1) is 6.54 Å². The molecule has 2 N–H and O–H groups in total. The Balaban J connectivity index is 0.00000180. The van der Waals surface area contributed by atoms with Crippen LogP contribution in [0.1, 0.15) is 6.92 Å². The van der Waals surface area contributed by atoms with Gasteiger partial charge in [0.25, 0.3) is 0 Å². The van der Waals surface area contributed by atoms with Crippen LogP contribution in [0.25, 0.3) is 0 Å². The van der Waals surface area contributed by atoms with Crippen LogP contribution in [-0.4, -0.2) is 43.0 Å². The van der Waals surface area contributed by atoms with E-state index in [-0.39, 0.29) is 18.3 Å². The maximum absolute atomic E-state index is 11.9. The Hall–Kier alpha value is -0.810. The summed E-state index contributed by atoms with van der Waals surface area (Å²) >= 11 is 5.87. The number of piperazine rings is 1. The van der Waals surface area contributed by atoms with Crippen LogP contribution in [0.2, 0.25) is 5.02 Å². The van der Waals surface area contributed by atoms with Gasteiger partial charge in [-0.2, -0.15) is 0 Å². The normalized spacial score (nSPS) is 19.6. The van der Waals surface area contributed by atoms with E-state index in [0.29, 0.717) is 17.6 Å². The molecule has 1 unspecified atom stereocenters. The van der Waals surface area contributed by atoms with Crippen molar-refractivity contribution in [3.8, 4) is 0 Å². The standard InChI is InChI=1S/C13H18ClN3O.ClH/c1-10-8-15-5-6-17(10)9-13(18)16-12-4-2-3-11(14)7-12;/h2-4,7,10,15H,5-6,8-9H2,1H3,(H,16,18);1H. The molecule has 0 aliphatic carbocycles. The molecular weight excluding hydrogens is 285 g/mol. The lowest BCUT2D eigenvalue weighted by atomic mass is 10.2. The number of rotatable bonds is 3. The molecule has 0 bridgehead atoms. The van der Waals surface area contributed by atoms with Gasteiger partial charge < -0.3 is 10.6 Å². The first-order valence-corrected chi connectivity index (χ1v) is 6.53. The van der Waals surface area contributed by atoms with E-state index in [9.17, 15) is 4.79 Å². The summed E-state index contributed by atoms with van der Waals surface area (Å²) in [6, 6.07) is 7.59. The summed E-state index contributed by atoms with van der Waals surface area (Å²) in [6.07, 6.45) is 0. The number of halogens is 2. The van der Waals surface area contributed by atoms with Gasteiger partial charge in [0, 0.05) is 36.4 Å². The first-order chi connectivity index (χ1) is 8.65.